The fourth-order valence-corrected chi connectivity index (χ4v) is 4.43. The molecule has 0 saturated carbocycles. The number of hydrogen-bond acceptors (Lipinski definition) is 7. The number of nitrogens with zero attached hydrogens (tertiary/aromatic N) is 3. The van der Waals surface area contributed by atoms with Crippen LogP contribution in [0.15, 0.2) is 17.8 Å². The van der Waals surface area contributed by atoms with Crippen LogP contribution in [-0.4, -0.2) is 54.6 Å². The van der Waals surface area contributed by atoms with Gasteiger partial charge in [-0.25, -0.2) is 9.97 Å². The lowest BCUT2D eigenvalue weighted by Gasteiger charge is -2.33. The number of carbonyl (C=O) groups excluding carboxylic acids is 2. The van der Waals surface area contributed by atoms with Gasteiger partial charge in [0.2, 0.25) is 5.91 Å². The van der Waals surface area contributed by atoms with E-state index in [-0.39, 0.29) is 18.4 Å². The molecule has 4 heterocycles. The molecule has 1 fully saturated rings. The molecule has 0 bridgehead atoms. The Kier molecular flexibility index (Phi) is 6.05. The van der Waals surface area contributed by atoms with E-state index in [1.165, 1.54) is 4.88 Å². The van der Waals surface area contributed by atoms with Gasteiger partial charge in [0.05, 0.1) is 29.0 Å². The maximum absolute atomic E-state index is 12.6. The van der Waals surface area contributed by atoms with Crippen LogP contribution in [0.25, 0.3) is 0 Å². The van der Waals surface area contributed by atoms with Gasteiger partial charge in [0.1, 0.15) is 5.82 Å². The van der Waals surface area contributed by atoms with Gasteiger partial charge in [-0.15, -0.1) is 11.3 Å². The zero-order valence-corrected chi connectivity index (χ0v) is 17.3. The monoisotopic (exact) mass is 415 g/mol. The minimum absolute atomic E-state index is 0.00372. The van der Waals surface area contributed by atoms with Gasteiger partial charge in [-0.1, -0.05) is 0 Å². The van der Waals surface area contributed by atoms with Crippen molar-refractivity contribution in [2.24, 2.45) is 5.92 Å². The van der Waals surface area contributed by atoms with E-state index in [9.17, 15) is 9.59 Å². The Morgan fingerprint density at radius 1 is 1.38 bits per heavy atom. The number of ether oxygens (including phenoxy) is 1. The second-order valence-electron chi connectivity index (χ2n) is 7.37. The highest BCUT2D eigenvalue weighted by atomic mass is 32.1. The molecule has 2 N–H and O–H groups in total. The predicted molar refractivity (Wildman–Crippen MR) is 112 cm³/mol. The van der Waals surface area contributed by atoms with E-state index in [4.69, 9.17) is 4.74 Å². The molecule has 1 saturated heterocycles. The first-order valence-corrected chi connectivity index (χ1v) is 10.8. The molecule has 0 aliphatic carbocycles. The highest BCUT2D eigenvalue weighted by molar-refractivity contribution is 7.09. The highest BCUT2D eigenvalue weighted by Gasteiger charge is 2.29. The third-order valence-corrected chi connectivity index (χ3v) is 6.39. The van der Waals surface area contributed by atoms with Crippen LogP contribution < -0.4 is 15.5 Å². The summed E-state index contributed by atoms with van der Waals surface area (Å²) in [5, 5.41) is 5.99. The van der Waals surface area contributed by atoms with Crippen LogP contribution in [0, 0.1) is 12.8 Å². The summed E-state index contributed by atoms with van der Waals surface area (Å²) in [5.41, 5.74) is 3.96. The van der Waals surface area contributed by atoms with Crippen LogP contribution in [0.4, 0.5) is 11.5 Å². The Morgan fingerprint density at radius 3 is 2.97 bits per heavy atom. The Balaban J connectivity index is 1.44. The van der Waals surface area contributed by atoms with Gasteiger partial charge in [0.15, 0.2) is 0 Å². The molecule has 0 radical (unpaired) electrons. The molecule has 0 atom stereocenters. The largest absolute Gasteiger partial charge is 0.381 e. The summed E-state index contributed by atoms with van der Waals surface area (Å²) in [6, 6.07) is 1.76. The average molecular weight is 416 g/mol. The van der Waals surface area contributed by atoms with Crippen LogP contribution in [0.5, 0.6) is 0 Å². The lowest BCUT2D eigenvalue weighted by Crippen LogP contribution is -2.44. The first-order valence-electron chi connectivity index (χ1n) is 9.91. The number of pyridine rings is 1. The van der Waals surface area contributed by atoms with Crippen molar-refractivity contribution in [2.45, 2.75) is 26.2 Å². The van der Waals surface area contributed by atoms with Crippen molar-refractivity contribution in [3.63, 3.8) is 0 Å². The number of anilines is 2. The van der Waals surface area contributed by atoms with E-state index in [0.717, 1.165) is 38.2 Å². The molecular formula is C20H25N5O3S. The van der Waals surface area contributed by atoms with Crippen molar-refractivity contribution >= 4 is 34.7 Å². The van der Waals surface area contributed by atoms with E-state index < -0.39 is 0 Å². The standard InChI is InChI=1S/C20H25N5O3S/c1-13-17(29-12-24-13)2-5-21-20(27)15-8-16-19(22-9-15)23-10-18(26)25(16)11-14-3-6-28-7-4-14/h8-9,12,14H,2-7,10-11H2,1H3,(H,21,27)(H,22,23). The summed E-state index contributed by atoms with van der Waals surface area (Å²) in [6.07, 6.45) is 4.19. The van der Waals surface area contributed by atoms with Gasteiger partial charge in [-0.3, -0.25) is 9.59 Å². The minimum atomic E-state index is -0.188. The lowest BCUT2D eigenvalue weighted by atomic mass is 9.99. The summed E-state index contributed by atoms with van der Waals surface area (Å²) in [4.78, 5) is 36.7. The molecule has 29 heavy (non-hydrogen) atoms. The van der Waals surface area contributed by atoms with Crippen molar-refractivity contribution in [1.82, 2.24) is 15.3 Å². The van der Waals surface area contributed by atoms with E-state index in [1.807, 2.05) is 12.4 Å². The molecule has 2 aromatic heterocycles. The predicted octanol–water partition coefficient (Wildman–Crippen LogP) is 2.00. The number of aryl methyl sites for hydroxylation is 1. The number of rotatable bonds is 6. The molecule has 154 valence electrons. The number of aromatic nitrogens is 2. The molecule has 2 amide bonds. The van der Waals surface area contributed by atoms with E-state index in [1.54, 1.807) is 28.5 Å². The lowest BCUT2D eigenvalue weighted by molar-refractivity contribution is -0.117. The second kappa shape index (κ2) is 8.87. The third kappa shape index (κ3) is 4.56. The number of hydrogen-bond donors (Lipinski definition) is 2. The van der Waals surface area contributed by atoms with E-state index >= 15 is 0 Å². The molecule has 8 nitrogen and oxygen atoms in total. The number of carbonyl (C=O) groups is 2. The van der Waals surface area contributed by atoms with Gasteiger partial charge >= 0.3 is 0 Å². The molecule has 4 rings (SSSR count). The number of amides is 2. The summed E-state index contributed by atoms with van der Waals surface area (Å²) < 4.78 is 5.42. The van der Waals surface area contributed by atoms with Crippen molar-refractivity contribution in [3.8, 4) is 0 Å². The third-order valence-electron chi connectivity index (χ3n) is 5.39. The molecule has 0 aromatic carbocycles. The Morgan fingerprint density at radius 2 is 2.21 bits per heavy atom. The summed E-state index contributed by atoms with van der Waals surface area (Å²) in [5.74, 6) is 0.864. The Labute approximate surface area is 173 Å². The fraction of sp³-hybridized carbons (Fsp3) is 0.500. The van der Waals surface area contributed by atoms with Crippen LogP contribution >= 0.6 is 11.3 Å². The highest BCUT2D eigenvalue weighted by Crippen LogP contribution is 2.30. The molecule has 0 unspecified atom stereocenters. The molecule has 2 aliphatic rings. The first-order chi connectivity index (χ1) is 14.1. The summed E-state index contributed by atoms with van der Waals surface area (Å²) in [7, 11) is 0. The molecule has 2 aromatic rings. The zero-order chi connectivity index (χ0) is 20.2. The van der Waals surface area contributed by atoms with Crippen molar-refractivity contribution in [2.75, 3.05) is 43.1 Å². The number of fused-ring (bicyclic) bond motifs is 1. The second-order valence-corrected chi connectivity index (χ2v) is 8.31. The van der Waals surface area contributed by atoms with Crippen LogP contribution in [0.3, 0.4) is 0 Å². The van der Waals surface area contributed by atoms with E-state index in [0.29, 0.717) is 36.1 Å². The zero-order valence-electron chi connectivity index (χ0n) is 16.4. The van der Waals surface area contributed by atoms with Crippen LogP contribution in [0.2, 0.25) is 0 Å². The summed E-state index contributed by atoms with van der Waals surface area (Å²) in [6.45, 7) is 4.83. The number of nitrogens with one attached hydrogen (secondary N) is 2. The smallest absolute Gasteiger partial charge is 0.252 e. The quantitative estimate of drug-likeness (QED) is 0.749. The number of thiazole rings is 1. The summed E-state index contributed by atoms with van der Waals surface area (Å²) >= 11 is 1.60. The molecule has 0 spiro atoms. The molecular weight excluding hydrogens is 390 g/mol. The Hall–Kier alpha value is -2.52. The molecule has 9 heteroatoms. The van der Waals surface area contributed by atoms with Crippen molar-refractivity contribution < 1.29 is 14.3 Å². The van der Waals surface area contributed by atoms with E-state index in [2.05, 4.69) is 20.6 Å². The molecule has 2 aliphatic heterocycles. The topological polar surface area (TPSA) is 96.5 Å². The van der Waals surface area contributed by atoms with Crippen LogP contribution in [0.1, 0.15) is 33.8 Å². The maximum atomic E-state index is 12.6. The first kappa shape index (κ1) is 19.8. The SMILES string of the molecule is Cc1ncsc1CCNC(=O)c1cnc2c(c1)N(CC1CCOCC1)C(=O)CN2. The fourth-order valence-electron chi connectivity index (χ4n) is 3.65. The van der Waals surface area contributed by atoms with Crippen LogP contribution in [-0.2, 0) is 16.0 Å². The maximum Gasteiger partial charge on any atom is 0.252 e. The normalized spacial score (nSPS) is 17.0. The van der Waals surface area contributed by atoms with Gasteiger partial charge in [0.25, 0.3) is 5.91 Å². The van der Waals surface area contributed by atoms with Crippen molar-refractivity contribution in [1.29, 1.82) is 0 Å². The minimum Gasteiger partial charge on any atom is -0.381 e. The van der Waals surface area contributed by atoms with Gasteiger partial charge in [0, 0.05) is 43.8 Å². The average Bonchev–Trinajstić information content (AvgIpc) is 3.15. The van der Waals surface area contributed by atoms with Crippen molar-refractivity contribution in [3.05, 3.63) is 33.9 Å². The Bertz CT molecular complexity index is 894. The van der Waals surface area contributed by atoms with Gasteiger partial charge in [-0.05, 0) is 31.7 Å². The van der Waals surface area contributed by atoms with Gasteiger partial charge < -0.3 is 20.3 Å². The van der Waals surface area contributed by atoms with Gasteiger partial charge in [-0.2, -0.15) is 0 Å².